The van der Waals surface area contributed by atoms with Crippen LogP contribution in [-0.4, -0.2) is 19.3 Å². The molecule has 0 aromatic heterocycles. The third kappa shape index (κ3) is 1.74. The predicted octanol–water partition coefficient (Wildman–Crippen LogP) is 1.31. The molecule has 4 heteroatoms. The third-order valence-corrected chi connectivity index (χ3v) is 2.38. The van der Waals surface area contributed by atoms with E-state index in [0.717, 1.165) is 5.39 Å². The molecule has 76 valence electrons. The fourth-order valence-corrected chi connectivity index (χ4v) is 1.66. The largest absolute Gasteiger partial charge is 0.491 e. The van der Waals surface area contributed by atoms with Gasteiger partial charge in [-0.05, 0) is 16.9 Å². The topological polar surface area (TPSA) is 29.5 Å². The molecule has 0 aliphatic heterocycles. The lowest BCUT2D eigenvalue weighted by atomic mass is 9.76. The van der Waals surface area contributed by atoms with Crippen LogP contribution in [0.25, 0.3) is 10.8 Å². The number of hydrogen-bond donors (Lipinski definition) is 1. The second kappa shape index (κ2) is 4.00. The Labute approximate surface area is 87.4 Å². The molecule has 2 nitrogen and oxygen atoms in total. The van der Waals surface area contributed by atoms with E-state index < -0.39 is 7.12 Å². The van der Waals surface area contributed by atoms with E-state index in [2.05, 4.69) is 0 Å². The molecule has 0 saturated carbocycles. The van der Waals surface area contributed by atoms with Crippen molar-refractivity contribution in [3.05, 3.63) is 42.2 Å². The van der Waals surface area contributed by atoms with Crippen LogP contribution in [-0.2, 0) is 4.65 Å². The van der Waals surface area contributed by atoms with Crippen LogP contribution in [0, 0.1) is 5.82 Å². The van der Waals surface area contributed by atoms with E-state index in [4.69, 9.17) is 4.65 Å². The molecule has 0 bridgehead atoms. The van der Waals surface area contributed by atoms with Gasteiger partial charge < -0.3 is 9.68 Å². The van der Waals surface area contributed by atoms with Gasteiger partial charge in [-0.3, -0.25) is 0 Å². The second-order valence-corrected chi connectivity index (χ2v) is 3.27. The molecule has 0 atom stereocenters. The summed E-state index contributed by atoms with van der Waals surface area (Å²) in [4.78, 5) is 0. The van der Waals surface area contributed by atoms with Crippen LogP contribution in [0.2, 0.25) is 0 Å². The monoisotopic (exact) mass is 204 g/mol. The van der Waals surface area contributed by atoms with Gasteiger partial charge in [-0.25, -0.2) is 4.39 Å². The van der Waals surface area contributed by atoms with Crippen LogP contribution >= 0.6 is 0 Å². The number of rotatable bonds is 2. The SMILES string of the molecule is COB(O)c1cccc2cccc(F)c12. The van der Waals surface area contributed by atoms with Crippen LogP contribution in [0.1, 0.15) is 0 Å². The molecule has 0 unspecified atom stereocenters. The summed E-state index contributed by atoms with van der Waals surface area (Å²) in [7, 11) is 0.287. The summed E-state index contributed by atoms with van der Waals surface area (Å²) in [5.74, 6) is -0.348. The highest BCUT2D eigenvalue weighted by molar-refractivity contribution is 6.63. The van der Waals surface area contributed by atoms with Crippen LogP contribution in [0.3, 0.4) is 0 Å². The fourth-order valence-electron chi connectivity index (χ4n) is 1.66. The van der Waals surface area contributed by atoms with Gasteiger partial charge in [-0.2, -0.15) is 0 Å². The van der Waals surface area contributed by atoms with Gasteiger partial charge in [0.05, 0.1) is 0 Å². The Bertz CT molecular complexity index is 482. The highest BCUT2D eigenvalue weighted by Gasteiger charge is 2.18. The zero-order chi connectivity index (χ0) is 10.8. The maximum atomic E-state index is 13.6. The Kier molecular flexibility index (Phi) is 2.71. The zero-order valence-corrected chi connectivity index (χ0v) is 8.27. The van der Waals surface area contributed by atoms with Crippen molar-refractivity contribution in [3.63, 3.8) is 0 Å². The van der Waals surface area contributed by atoms with Gasteiger partial charge in [-0.15, -0.1) is 0 Å². The Balaban J connectivity index is 2.74. The van der Waals surface area contributed by atoms with Crippen LogP contribution in [0.15, 0.2) is 36.4 Å². The molecule has 15 heavy (non-hydrogen) atoms. The maximum Gasteiger partial charge on any atom is 0.491 e. The molecule has 2 aromatic rings. The lowest BCUT2D eigenvalue weighted by Crippen LogP contribution is -2.33. The van der Waals surface area contributed by atoms with Crippen molar-refractivity contribution in [2.24, 2.45) is 0 Å². The highest BCUT2D eigenvalue weighted by atomic mass is 19.1. The average Bonchev–Trinajstić information content (AvgIpc) is 2.28. The summed E-state index contributed by atoms with van der Waals surface area (Å²) in [5.41, 5.74) is 0.452. The quantitative estimate of drug-likeness (QED) is 0.747. The Morgan fingerprint density at radius 3 is 2.53 bits per heavy atom. The first-order valence-corrected chi connectivity index (χ1v) is 4.62. The summed E-state index contributed by atoms with van der Waals surface area (Å²) in [6.45, 7) is 0. The minimum Gasteiger partial charge on any atom is -0.423 e. The molecular formula is C11H10BFO2. The Morgan fingerprint density at radius 1 is 1.20 bits per heavy atom. The van der Waals surface area contributed by atoms with E-state index in [1.807, 2.05) is 0 Å². The lowest BCUT2D eigenvalue weighted by Gasteiger charge is -2.08. The van der Waals surface area contributed by atoms with Crippen molar-refractivity contribution >= 4 is 23.4 Å². The van der Waals surface area contributed by atoms with Crippen molar-refractivity contribution in [2.45, 2.75) is 0 Å². The normalized spacial score (nSPS) is 10.6. The number of halogens is 1. The third-order valence-electron chi connectivity index (χ3n) is 2.38. The first-order chi connectivity index (χ1) is 7.24. The molecule has 0 radical (unpaired) electrons. The number of benzene rings is 2. The average molecular weight is 204 g/mol. The molecule has 0 amide bonds. The minimum atomic E-state index is -1.09. The molecule has 0 fully saturated rings. The molecule has 1 N–H and O–H groups in total. The smallest absolute Gasteiger partial charge is 0.423 e. The van der Waals surface area contributed by atoms with Gasteiger partial charge in [-0.1, -0.05) is 30.3 Å². The Morgan fingerprint density at radius 2 is 1.87 bits per heavy atom. The summed E-state index contributed by atoms with van der Waals surface area (Å²) in [6.07, 6.45) is 0. The van der Waals surface area contributed by atoms with Crippen molar-refractivity contribution in [2.75, 3.05) is 7.11 Å². The molecule has 0 saturated heterocycles. The van der Waals surface area contributed by atoms with Crippen LogP contribution < -0.4 is 5.46 Å². The van der Waals surface area contributed by atoms with E-state index in [-0.39, 0.29) is 5.82 Å². The zero-order valence-electron chi connectivity index (χ0n) is 8.27. The van der Waals surface area contributed by atoms with Gasteiger partial charge in [0.2, 0.25) is 0 Å². The first kappa shape index (κ1) is 10.1. The number of fused-ring (bicyclic) bond motifs is 1. The maximum absolute atomic E-state index is 13.6. The van der Waals surface area contributed by atoms with E-state index in [9.17, 15) is 9.41 Å². The standard InChI is InChI=1S/C11H10BFO2/c1-15-12(14)9-6-2-4-8-5-3-7-10(13)11(8)9/h2-7,14H,1H3. The predicted molar refractivity (Wildman–Crippen MR) is 58.5 cm³/mol. The van der Waals surface area contributed by atoms with E-state index >= 15 is 0 Å². The van der Waals surface area contributed by atoms with Gasteiger partial charge in [0.15, 0.2) is 0 Å². The fraction of sp³-hybridized carbons (Fsp3) is 0.0909. The summed E-state index contributed by atoms with van der Waals surface area (Å²) in [5, 5.41) is 10.7. The number of hydrogen-bond acceptors (Lipinski definition) is 2. The second-order valence-electron chi connectivity index (χ2n) is 3.27. The highest BCUT2D eigenvalue weighted by Crippen LogP contribution is 2.15. The van der Waals surface area contributed by atoms with Crippen molar-refractivity contribution < 1.29 is 14.1 Å². The van der Waals surface area contributed by atoms with Gasteiger partial charge >= 0.3 is 7.12 Å². The van der Waals surface area contributed by atoms with Crippen LogP contribution in [0.4, 0.5) is 4.39 Å². The molecule has 0 aliphatic rings. The van der Waals surface area contributed by atoms with Crippen molar-refractivity contribution in [3.8, 4) is 0 Å². The van der Waals surface area contributed by atoms with Crippen molar-refractivity contribution in [1.82, 2.24) is 0 Å². The molecule has 0 aliphatic carbocycles. The summed E-state index contributed by atoms with van der Waals surface area (Å²) < 4.78 is 18.4. The molecule has 0 heterocycles. The lowest BCUT2D eigenvalue weighted by molar-refractivity contribution is 0.342. The summed E-state index contributed by atoms with van der Waals surface area (Å²) in [6, 6.07) is 10.0. The molecular weight excluding hydrogens is 194 g/mol. The summed E-state index contributed by atoms with van der Waals surface area (Å²) >= 11 is 0. The van der Waals surface area contributed by atoms with Crippen molar-refractivity contribution in [1.29, 1.82) is 0 Å². The first-order valence-electron chi connectivity index (χ1n) is 4.62. The van der Waals surface area contributed by atoms with Gasteiger partial charge in [0.1, 0.15) is 5.82 Å². The van der Waals surface area contributed by atoms with Gasteiger partial charge in [0.25, 0.3) is 0 Å². The minimum absolute atomic E-state index is 0.348. The van der Waals surface area contributed by atoms with Gasteiger partial charge in [0, 0.05) is 12.5 Å². The van der Waals surface area contributed by atoms with E-state index in [1.165, 1.54) is 13.2 Å². The van der Waals surface area contributed by atoms with Crippen LogP contribution in [0.5, 0.6) is 0 Å². The molecule has 0 spiro atoms. The Hall–Kier alpha value is -1.39. The van der Waals surface area contributed by atoms with E-state index in [0.29, 0.717) is 10.8 Å². The van der Waals surface area contributed by atoms with E-state index in [1.54, 1.807) is 30.3 Å². The molecule has 2 rings (SSSR count). The molecule has 2 aromatic carbocycles.